The van der Waals surface area contributed by atoms with Crippen molar-refractivity contribution in [1.29, 1.82) is 0 Å². The molecule has 0 aromatic heterocycles. The van der Waals surface area contributed by atoms with Crippen molar-refractivity contribution in [2.75, 3.05) is 13.1 Å². The number of carbonyl (C=O) groups is 5. The number of hydrogen-bond acceptors (Lipinski definition) is 5. The monoisotopic (exact) mass is 450 g/mol. The second kappa shape index (κ2) is 9.86. The normalized spacial score (nSPS) is 20.6. The average Bonchev–Trinajstić information content (AvgIpc) is 3.14. The molecule has 0 aliphatic carbocycles. The second-order valence-corrected chi connectivity index (χ2v) is 8.47. The van der Waals surface area contributed by atoms with Gasteiger partial charge in [0.15, 0.2) is 0 Å². The molecule has 1 aromatic carbocycles. The van der Waals surface area contributed by atoms with Gasteiger partial charge in [-0.3, -0.25) is 29.3 Å². The van der Waals surface area contributed by atoms with Crippen molar-refractivity contribution >= 4 is 30.0 Å². The first-order valence-electron chi connectivity index (χ1n) is 11.2. The van der Waals surface area contributed by atoms with Gasteiger partial charge in [-0.2, -0.15) is 0 Å². The third-order valence-corrected chi connectivity index (χ3v) is 6.42. The highest BCUT2D eigenvalue weighted by atomic mass is 16.2. The van der Waals surface area contributed by atoms with Crippen LogP contribution in [0.25, 0.3) is 0 Å². The summed E-state index contributed by atoms with van der Waals surface area (Å²) < 4.78 is 0. The molecule has 4 rings (SSSR count). The van der Waals surface area contributed by atoms with E-state index in [1.807, 2.05) is 6.07 Å². The van der Waals surface area contributed by atoms with Crippen LogP contribution in [0.15, 0.2) is 18.2 Å². The zero-order valence-electron chi connectivity index (χ0n) is 18.3. The number of rotatable bonds is 5. The number of carbonyl (C=O) groups excluding carboxylic acids is 5. The number of nitrogens with zero attached hydrogens (tertiary/aromatic N) is 2. The van der Waals surface area contributed by atoms with E-state index in [-0.39, 0.29) is 36.7 Å². The maximum absolute atomic E-state index is 12.9. The summed E-state index contributed by atoms with van der Waals surface area (Å²) in [6.07, 6.45) is 3.46. The van der Waals surface area contributed by atoms with E-state index in [1.54, 1.807) is 17.0 Å². The number of imide groups is 1. The lowest BCUT2D eigenvalue weighted by molar-refractivity contribution is -0.137. The first-order chi connectivity index (χ1) is 16.0. The van der Waals surface area contributed by atoms with Crippen LogP contribution in [0.2, 0.25) is 0 Å². The lowest BCUT2D eigenvalue weighted by Gasteiger charge is -2.31. The van der Waals surface area contributed by atoms with Crippen molar-refractivity contribution in [3.63, 3.8) is 0 Å². The standard InChI is InChI=1S/C24H26N4O5/c29-15-25-17-10-12-27(13-11-17)22(31)7-2-1-4-16-5-3-6-18-19(16)14-28(24(18)33)20-8-9-21(30)26-23(20)32/h3,5-6,15,17,20H,2,7-14H2,(H,25,29)(H,26,30,32). The van der Waals surface area contributed by atoms with Crippen LogP contribution in [0.3, 0.4) is 0 Å². The molecule has 1 unspecified atom stereocenters. The molecular weight excluding hydrogens is 424 g/mol. The second-order valence-electron chi connectivity index (χ2n) is 8.47. The van der Waals surface area contributed by atoms with Gasteiger partial charge < -0.3 is 15.1 Å². The van der Waals surface area contributed by atoms with Crippen LogP contribution in [0, 0.1) is 11.8 Å². The van der Waals surface area contributed by atoms with E-state index in [9.17, 15) is 24.0 Å². The number of benzene rings is 1. The zero-order chi connectivity index (χ0) is 23.4. The summed E-state index contributed by atoms with van der Waals surface area (Å²) in [7, 11) is 0. The lowest BCUT2D eigenvalue weighted by Crippen LogP contribution is -2.52. The molecule has 33 heavy (non-hydrogen) atoms. The maximum Gasteiger partial charge on any atom is 0.255 e. The summed E-state index contributed by atoms with van der Waals surface area (Å²) in [5.41, 5.74) is 2.01. The molecule has 0 bridgehead atoms. The number of piperidine rings is 2. The fourth-order valence-electron chi connectivity index (χ4n) is 4.58. The van der Waals surface area contributed by atoms with Crippen molar-refractivity contribution < 1.29 is 24.0 Å². The van der Waals surface area contributed by atoms with E-state index in [2.05, 4.69) is 22.5 Å². The Balaban J connectivity index is 1.35. The molecule has 2 N–H and O–H groups in total. The molecular formula is C24H26N4O5. The third-order valence-electron chi connectivity index (χ3n) is 6.42. The summed E-state index contributed by atoms with van der Waals surface area (Å²) in [5, 5.41) is 5.06. The van der Waals surface area contributed by atoms with Crippen LogP contribution in [0.1, 0.15) is 60.0 Å². The average molecular weight is 450 g/mol. The SMILES string of the molecule is O=CNC1CCN(C(=O)CCC#Cc2cccc3c2CN(C2CCC(=O)NC2=O)C3=O)CC1. The molecule has 1 atom stereocenters. The van der Waals surface area contributed by atoms with Gasteiger partial charge in [0.05, 0.1) is 0 Å². The van der Waals surface area contributed by atoms with E-state index in [0.717, 1.165) is 18.4 Å². The highest BCUT2D eigenvalue weighted by molar-refractivity contribution is 6.05. The first kappa shape index (κ1) is 22.5. The van der Waals surface area contributed by atoms with Crippen LogP contribution in [0.5, 0.6) is 0 Å². The summed E-state index contributed by atoms with van der Waals surface area (Å²) in [5.74, 6) is 5.19. The molecule has 1 aromatic rings. The molecule has 172 valence electrons. The first-order valence-corrected chi connectivity index (χ1v) is 11.2. The van der Waals surface area contributed by atoms with E-state index in [1.165, 1.54) is 4.90 Å². The quantitative estimate of drug-likeness (QED) is 0.381. The van der Waals surface area contributed by atoms with Crippen LogP contribution in [-0.2, 0) is 25.7 Å². The number of fused-ring (bicyclic) bond motifs is 1. The topological polar surface area (TPSA) is 116 Å². The van der Waals surface area contributed by atoms with E-state index < -0.39 is 11.9 Å². The molecule has 3 aliphatic rings. The van der Waals surface area contributed by atoms with Gasteiger partial charge in [-0.05, 0) is 37.0 Å². The smallest absolute Gasteiger partial charge is 0.255 e. The van der Waals surface area contributed by atoms with Crippen molar-refractivity contribution in [3.8, 4) is 11.8 Å². The fraction of sp³-hybridized carbons (Fsp3) is 0.458. The van der Waals surface area contributed by atoms with Gasteiger partial charge in [0.25, 0.3) is 5.91 Å². The van der Waals surface area contributed by atoms with Crippen molar-refractivity contribution in [2.24, 2.45) is 0 Å². The minimum Gasteiger partial charge on any atom is -0.356 e. The molecule has 2 saturated heterocycles. The third kappa shape index (κ3) is 4.90. The number of amides is 5. The van der Waals surface area contributed by atoms with Crippen molar-refractivity contribution in [1.82, 2.24) is 20.4 Å². The molecule has 0 radical (unpaired) electrons. The predicted octanol–water partition coefficient (Wildman–Crippen LogP) is 0.316. The summed E-state index contributed by atoms with van der Waals surface area (Å²) in [6.45, 7) is 1.53. The molecule has 9 heteroatoms. The molecule has 0 saturated carbocycles. The fourth-order valence-corrected chi connectivity index (χ4v) is 4.58. The number of nitrogens with one attached hydrogen (secondary N) is 2. The molecule has 0 spiro atoms. The minimum atomic E-state index is -0.660. The van der Waals surface area contributed by atoms with Gasteiger partial charge in [-0.1, -0.05) is 17.9 Å². The van der Waals surface area contributed by atoms with E-state index in [4.69, 9.17) is 0 Å². The Morgan fingerprint density at radius 1 is 1.18 bits per heavy atom. The largest absolute Gasteiger partial charge is 0.356 e. The van der Waals surface area contributed by atoms with Crippen LogP contribution in [0.4, 0.5) is 0 Å². The number of likely N-dealkylation sites (tertiary alicyclic amines) is 1. The summed E-state index contributed by atoms with van der Waals surface area (Å²) >= 11 is 0. The van der Waals surface area contributed by atoms with E-state index >= 15 is 0 Å². The molecule has 3 heterocycles. The predicted molar refractivity (Wildman–Crippen MR) is 117 cm³/mol. The molecule has 3 aliphatic heterocycles. The van der Waals surface area contributed by atoms with Gasteiger partial charge in [-0.15, -0.1) is 0 Å². The minimum absolute atomic E-state index is 0.0476. The Morgan fingerprint density at radius 3 is 2.70 bits per heavy atom. The molecule has 9 nitrogen and oxygen atoms in total. The Bertz CT molecular complexity index is 1050. The Labute approximate surface area is 191 Å². The van der Waals surface area contributed by atoms with E-state index in [0.29, 0.717) is 49.9 Å². The van der Waals surface area contributed by atoms with Crippen LogP contribution >= 0.6 is 0 Å². The van der Waals surface area contributed by atoms with Gasteiger partial charge in [0, 0.05) is 56.1 Å². The highest BCUT2D eigenvalue weighted by Gasteiger charge is 2.39. The lowest BCUT2D eigenvalue weighted by atomic mass is 10.0. The Hall–Kier alpha value is -3.67. The Kier molecular flexibility index (Phi) is 6.73. The van der Waals surface area contributed by atoms with Crippen LogP contribution in [-0.4, -0.2) is 65.0 Å². The van der Waals surface area contributed by atoms with Gasteiger partial charge in [0.1, 0.15) is 6.04 Å². The van der Waals surface area contributed by atoms with Crippen molar-refractivity contribution in [2.45, 2.75) is 57.2 Å². The Morgan fingerprint density at radius 2 is 1.97 bits per heavy atom. The molecule has 2 fully saturated rings. The van der Waals surface area contributed by atoms with Gasteiger partial charge in [-0.25, -0.2) is 0 Å². The maximum atomic E-state index is 12.9. The summed E-state index contributed by atoms with van der Waals surface area (Å²) in [6, 6.07) is 4.79. The zero-order valence-corrected chi connectivity index (χ0v) is 18.3. The number of hydrogen-bond donors (Lipinski definition) is 2. The van der Waals surface area contributed by atoms with Crippen LogP contribution < -0.4 is 10.6 Å². The van der Waals surface area contributed by atoms with Crippen molar-refractivity contribution in [3.05, 3.63) is 34.9 Å². The molecule has 5 amide bonds. The highest BCUT2D eigenvalue weighted by Crippen LogP contribution is 2.29. The van der Waals surface area contributed by atoms with Gasteiger partial charge >= 0.3 is 0 Å². The summed E-state index contributed by atoms with van der Waals surface area (Å²) in [4.78, 5) is 62.8. The van der Waals surface area contributed by atoms with Gasteiger partial charge in [0.2, 0.25) is 24.1 Å².